The number of carbonyl (C=O) groups excluding carboxylic acids is 1. The van der Waals surface area contributed by atoms with Crippen molar-refractivity contribution in [2.75, 3.05) is 0 Å². The van der Waals surface area contributed by atoms with Crippen molar-refractivity contribution in [3.05, 3.63) is 63.4 Å². The van der Waals surface area contributed by atoms with E-state index in [0.717, 1.165) is 17.2 Å². The molecular weight excluding hydrogens is 264 g/mol. The van der Waals surface area contributed by atoms with Gasteiger partial charge in [0.25, 0.3) is 5.91 Å². The fourth-order valence-corrected chi connectivity index (χ4v) is 1.58. The molecule has 2 rings (SSSR count). The van der Waals surface area contributed by atoms with Crippen LogP contribution in [0.2, 0.25) is 0 Å². The SMILES string of the molecule is O=C(NCc1ccc(CO)cc1)c1ccc([N+](=O)[O-])o1. The largest absolute Gasteiger partial charge is 0.433 e. The van der Waals surface area contributed by atoms with E-state index >= 15 is 0 Å². The molecule has 7 heteroatoms. The molecule has 0 aliphatic heterocycles. The van der Waals surface area contributed by atoms with Crippen molar-refractivity contribution in [1.29, 1.82) is 0 Å². The molecule has 2 N–H and O–H groups in total. The Bertz CT molecular complexity index is 618. The zero-order chi connectivity index (χ0) is 14.5. The highest BCUT2D eigenvalue weighted by Crippen LogP contribution is 2.15. The van der Waals surface area contributed by atoms with E-state index in [2.05, 4.69) is 5.32 Å². The molecule has 2 aromatic rings. The molecule has 0 aliphatic carbocycles. The fraction of sp³-hybridized carbons (Fsp3) is 0.154. The summed E-state index contributed by atoms with van der Waals surface area (Å²) in [5.74, 6) is -1.10. The summed E-state index contributed by atoms with van der Waals surface area (Å²) < 4.78 is 4.79. The van der Waals surface area contributed by atoms with Crippen LogP contribution in [0.4, 0.5) is 5.88 Å². The maximum Gasteiger partial charge on any atom is 0.433 e. The van der Waals surface area contributed by atoms with Gasteiger partial charge in [-0.1, -0.05) is 24.3 Å². The number of furan rings is 1. The van der Waals surface area contributed by atoms with Crippen molar-refractivity contribution in [3.8, 4) is 0 Å². The van der Waals surface area contributed by atoms with E-state index in [1.165, 1.54) is 6.07 Å². The van der Waals surface area contributed by atoms with Gasteiger partial charge in [0, 0.05) is 6.54 Å². The number of rotatable bonds is 5. The summed E-state index contributed by atoms with van der Waals surface area (Å²) in [6.07, 6.45) is 0. The van der Waals surface area contributed by atoms with Gasteiger partial charge in [0.15, 0.2) is 5.76 Å². The number of aliphatic hydroxyl groups is 1. The predicted octanol–water partition coefficient (Wildman–Crippen LogP) is 1.61. The first-order valence-electron chi connectivity index (χ1n) is 5.81. The maximum absolute atomic E-state index is 11.7. The molecule has 0 spiro atoms. The predicted molar refractivity (Wildman–Crippen MR) is 68.9 cm³/mol. The molecule has 0 radical (unpaired) electrons. The Morgan fingerprint density at radius 2 is 1.85 bits per heavy atom. The van der Waals surface area contributed by atoms with Crippen LogP contribution in [-0.4, -0.2) is 15.9 Å². The van der Waals surface area contributed by atoms with Gasteiger partial charge in [-0.3, -0.25) is 14.9 Å². The second-order valence-corrected chi connectivity index (χ2v) is 4.05. The molecule has 0 bridgehead atoms. The van der Waals surface area contributed by atoms with Crippen molar-refractivity contribution >= 4 is 11.8 Å². The molecular formula is C13H12N2O5. The number of amides is 1. The summed E-state index contributed by atoms with van der Waals surface area (Å²) in [7, 11) is 0. The summed E-state index contributed by atoms with van der Waals surface area (Å²) in [5, 5.41) is 21.9. The summed E-state index contributed by atoms with van der Waals surface area (Å²) in [6.45, 7) is 0.224. The third kappa shape index (κ3) is 3.21. The van der Waals surface area contributed by atoms with E-state index in [1.54, 1.807) is 24.3 Å². The normalized spacial score (nSPS) is 10.2. The molecule has 1 aromatic heterocycles. The van der Waals surface area contributed by atoms with Crippen LogP contribution in [0, 0.1) is 10.1 Å². The van der Waals surface area contributed by atoms with Crippen LogP contribution in [0.3, 0.4) is 0 Å². The number of nitrogens with zero attached hydrogens (tertiary/aromatic N) is 1. The number of aliphatic hydroxyl groups excluding tert-OH is 1. The molecule has 0 saturated carbocycles. The van der Waals surface area contributed by atoms with Crippen LogP contribution in [0.25, 0.3) is 0 Å². The molecule has 0 fully saturated rings. The smallest absolute Gasteiger partial charge is 0.395 e. The van der Waals surface area contributed by atoms with E-state index in [9.17, 15) is 14.9 Å². The number of benzene rings is 1. The van der Waals surface area contributed by atoms with E-state index < -0.39 is 16.7 Å². The van der Waals surface area contributed by atoms with Crippen LogP contribution in [0.5, 0.6) is 0 Å². The minimum atomic E-state index is -0.704. The Hall–Kier alpha value is -2.67. The van der Waals surface area contributed by atoms with Gasteiger partial charge in [-0.2, -0.15) is 0 Å². The van der Waals surface area contributed by atoms with Crippen LogP contribution < -0.4 is 5.32 Å². The van der Waals surface area contributed by atoms with E-state index in [0.29, 0.717) is 0 Å². The van der Waals surface area contributed by atoms with E-state index in [1.807, 2.05) is 0 Å². The molecule has 0 unspecified atom stereocenters. The van der Waals surface area contributed by atoms with Crippen molar-refractivity contribution in [2.24, 2.45) is 0 Å². The molecule has 7 nitrogen and oxygen atoms in total. The Morgan fingerprint density at radius 1 is 1.20 bits per heavy atom. The third-order valence-electron chi connectivity index (χ3n) is 2.65. The average Bonchev–Trinajstić information content (AvgIpc) is 2.95. The quantitative estimate of drug-likeness (QED) is 0.637. The summed E-state index contributed by atoms with van der Waals surface area (Å²) in [4.78, 5) is 21.4. The van der Waals surface area contributed by atoms with Gasteiger partial charge in [-0.05, 0) is 17.2 Å². The van der Waals surface area contributed by atoms with Crippen molar-refractivity contribution < 1.29 is 19.2 Å². The monoisotopic (exact) mass is 276 g/mol. The van der Waals surface area contributed by atoms with Gasteiger partial charge >= 0.3 is 5.88 Å². The number of hydrogen-bond donors (Lipinski definition) is 2. The summed E-state index contributed by atoms with van der Waals surface area (Å²) in [5.41, 5.74) is 1.62. The molecule has 0 saturated heterocycles. The van der Waals surface area contributed by atoms with Crippen molar-refractivity contribution in [2.45, 2.75) is 13.2 Å². The highest BCUT2D eigenvalue weighted by atomic mass is 16.6. The standard InChI is InChI=1S/C13H12N2O5/c16-8-10-3-1-9(2-4-10)7-14-13(17)11-5-6-12(20-11)15(18)19/h1-6,16H,7-8H2,(H,14,17). The van der Waals surface area contributed by atoms with E-state index in [-0.39, 0.29) is 18.9 Å². The Kier molecular flexibility index (Phi) is 4.11. The van der Waals surface area contributed by atoms with Gasteiger partial charge in [-0.25, -0.2) is 0 Å². The second kappa shape index (κ2) is 5.98. The average molecular weight is 276 g/mol. The maximum atomic E-state index is 11.7. The van der Waals surface area contributed by atoms with Crippen LogP contribution in [0.15, 0.2) is 40.8 Å². The zero-order valence-electron chi connectivity index (χ0n) is 10.4. The molecule has 1 aromatic carbocycles. The lowest BCUT2D eigenvalue weighted by Gasteiger charge is -2.04. The van der Waals surface area contributed by atoms with Gasteiger partial charge in [-0.15, -0.1) is 0 Å². The Labute approximate surface area is 114 Å². The highest BCUT2D eigenvalue weighted by molar-refractivity contribution is 5.91. The summed E-state index contributed by atoms with van der Waals surface area (Å²) in [6, 6.07) is 9.43. The molecule has 1 amide bonds. The van der Waals surface area contributed by atoms with Crippen LogP contribution in [-0.2, 0) is 13.2 Å². The number of hydrogen-bond acceptors (Lipinski definition) is 5. The van der Waals surface area contributed by atoms with Gasteiger partial charge < -0.3 is 14.8 Å². The summed E-state index contributed by atoms with van der Waals surface area (Å²) >= 11 is 0. The minimum absolute atomic E-state index is 0.0390. The number of nitro groups is 1. The van der Waals surface area contributed by atoms with Crippen LogP contribution >= 0.6 is 0 Å². The fourth-order valence-electron chi connectivity index (χ4n) is 1.58. The lowest BCUT2D eigenvalue weighted by atomic mass is 10.1. The molecule has 20 heavy (non-hydrogen) atoms. The third-order valence-corrected chi connectivity index (χ3v) is 2.65. The number of nitrogens with one attached hydrogen (secondary N) is 1. The number of carbonyl (C=O) groups is 1. The van der Waals surface area contributed by atoms with Crippen LogP contribution in [0.1, 0.15) is 21.7 Å². The van der Waals surface area contributed by atoms with Gasteiger partial charge in [0.1, 0.15) is 4.92 Å². The minimum Gasteiger partial charge on any atom is -0.395 e. The van der Waals surface area contributed by atoms with Crippen molar-refractivity contribution in [3.63, 3.8) is 0 Å². The molecule has 1 heterocycles. The Morgan fingerprint density at radius 3 is 2.40 bits per heavy atom. The van der Waals surface area contributed by atoms with Crippen molar-refractivity contribution in [1.82, 2.24) is 5.32 Å². The second-order valence-electron chi connectivity index (χ2n) is 4.05. The first-order valence-corrected chi connectivity index (χ1v) is 5.81. The lowest BCUT2D eigenvalue weighted by Crippen LogP contribution is -2.22. The molecule has 0 atom stereocenters. The lowest BCUT2D eigenvalue weighted by molar-refractivity contribution is -0.402. The molecule has 104 valence electrons. The highest BCUT2D eigenvalue weighted by Gasteiger charge is 2.16. The first-order chi connectivity index (χ1) is 9.60. The Balaban J connectivity index is 1.95. The zero-order valence-corrected chi connectivity index (χ0v) is 10.4. The van der Waals surface area contributed by atoms with Gasteiger partial charge in [0.05, 0.1) is 12.7 Å². The van der Waals surface area contributed by atoms with E-state index in [4.69, 9.17) is 9.52 Å². The van der Waals surface area contributed by atoms with Gasteiger partial charge in [0.2, 0.25) is 0 Å². The topological polar surface area (TPSA) is 106 Å². The molecule has 0 aliphatic rings. The first kappa shape index (κ1) is 13.8.